The Morgan fingerprint density at radius 1 is 1.14 bits per heavy atom. The van der Waals surface area contributed by atoms with E-state index in [9.17, 15) is 4.39 Å². The zero-order valence-corrected chi connectivity index (χ0v) is 12.4. The number of fused-ring (bicyclic) bond motifs is 1. The normalized spacial score (nSPS) is 11.0. The van der Waals surface area contributed by atoms with Gasteiger partial charge in [-0.1, -0.05) is 17.7 Å². The van der Waals surface area contributed by atoms with Gasteiger partial charge in [-0.3, -0.25) is 0 Å². The molecule has 0 N–H and O–H groups in total. The van der Waals surface area contributed by atoms with Gasteiger partial charge in [-0.05, 0) is 43.3 Å². The van der Waals surface area contributed by atoms with Crippen LogP contribution in [0.25, 0.3) is 10.9 Å². The van der Waals surface area contributed by atoms with E-state index in [0.29, 0.717) is 12.4 Å². The number of ether oxygens (including phenoxy) is 1. The van der Waals surface area contributed by atoms with Crippen molar-refractivity contribution in [2.75, 3.05) is 0 Å². The van der Waals surface area contributed by atoms with E-state index in [4.69, 9.17) is 16.3 Å². The van der Waals surface area contributed by atoms with Gasteiger partial charge in [0.1, 0.15) is 18.2 Å². The lowest BCUT2D eigenvalue weighted by Crippen LogP contribution is -1.95. The van der Waals surface area contributed by atoms with E-state index in [1.54, 1.807) is 12.1 Å². The van der Waals surface area contributed by atoms with Crippen molar-refractivity contribution in [1.82, 2.24) is 4.57 Å². The highest BCUT2D eigenvalue weighted by atomic mass is 35.5. The van der Waals surface area contributed by atoms with Crippen LogP contribution < -0.4 is 4.74 Å². The number of aryl methyl sites for hydroxylation is 1. The minimum atomic E-state index is -0.270. The summed E-state index contributed by atoms with van der Waals surface area (Å²) >= 11 is 6.32. The number of nitrogens with zero attached hydrogens (tertiary/aromatic N) is 1. The molecule has 4 heteroatoms. The van der Waals surface area contributed by atoms with Crippen LogP contribution >= 0.6 is 11.6 Å². The molecule has 0 amide bonds. The summed E-state index contributed by atoms with van der Waals surface area (Å²) in [7, 11) is 0. The van der Waals surface area contributed by atoms with Gasteiger partial charge >= 0.3 is 0 Å². The fourth-order valence-electron chi connectivity index (χ4n) is 2.46. The maximum Gasteiger partial charge on any atom is 0.123 e. The molecular weight excluding hydrogens is 289 g/mol. The molecule has 0 aliphatic rings. The zero-order chi connectivity index (χ0) is 14.8. The predicted octanol–water partition coefficient (Wildman–Crippen LogP) is 5.03. The number of hydrogen-bond donors (Lipinski definition) is 0. The summed E-state index contributed by atoms with van der Waals surface area (Å²) < 4.78 is 20.8. The summed E-state index contributed by atoms with van der Waals surface area (Å²) in [6.45, 7) is 3.36. The molecule has 1 aromatic heterocycles. The molecule has 2 aromatic carbocycles. The second kappa shape index (κ2) is 5.78. The van der Waals surface area contributed by atoms with Crippen molar-refractivity contribution in [1.29, 1.82) is 0 Å². The van der Waals surface area contributed by atoms with Crippen LogP contribution in [0, 0.1) is 5.82 Å². The first kappa shape index (κ1) is 14.0. The van der Waals surface area contributed by atoms with Crippen LogP contribution in [0.15, 0.2) is 48.7 Å². The highest BCUT2D eigenvalue weighted by Crippen LogP contribution is 2.29. The highest BCUT2D eigenvalue weighted by molar-refractivity contribution is 6.35. The molecule has 0 aliphatic heterocycles. The van der Waals surface area contributed by atoms with Crippen molar-refractivity contribution >= 4 is 22.5 Å². The lowest BCUT2D eigenvalue weighted by atomic mass is 10.2. The van der Waals surface area contributed by atoms with Crippen LogP contribution in [-0.4, -0.2) is 4.57 Å². The molecule has 0 atom stereocenters. The molecule has 0 aliphatic carbocycles. The van der Waals surface area contributed by atoms with Crippen molar-refractivity contribution in [3.05, 3.63) is 65.1 Å². The van der Waals surface area contributed by atoms with Gasteiger partial charge in [-0.25, -0.2) is 4.39 Å². The molecule has 3 rings (SSSR count). The SMILES string of the molecule is CCn1cc(COc2ccc(F)cc2)c2c(Cl)cccc21. The molecule has 21 heavy (non-hydrogen) atoms. The van der Waals surface area contributed by atoms with E-state index in [1.165, 1.54) is 12.1 Å². The Morgan fingerprint density at radius 3 is 2.62 bits per heavy atom. The van der Waals surface area contributed by atoms with E-state index in [0.717, 1.165) is 28.0 Å². The topological polar surface area (TPSA) is 14.2 Å². The standard InChI is InChI=1S/C17H15ClFNO/c1-2-20-10-12(17-15(18)4-3-5-16(17)20)11-21-14-8-6-13(19)7-9-14/h3-10H,2,11H2,1H3. The van der Waals surface area contributed by atoms with Gasteiger partial charge in [-0.15, -0.1) is 0 Å². The van der Waals surface area contributed by atoms with E-state index in [2.05, 4.69) is 17.7 Å². The lowest BCUT2D eigenvalue weighted by molar-refractivity contribution is 0.307. The first-order valence-electron chi connectivity index (χ1n) is 6.83. The maximum atomic E-state index is 12.9. The molecule has 0 saturated carbocycles. The van der Waals surface area contributed by atoms with Gasteiger partial charge in [-0.2, -0.15) is 0 Å². The summed E-state index contributed by atoms with van der Waals surface area (Å²) in [6, 6.07) is 11.9. The van der Waals surface area contributed by atoms with Gasteiger partial charge in [0.15, 0.2) is 0 Å². The first-order valence-corrected chi connectivity index (χ1v) is 7.21. The molecule has 108 valence electrons. The number of rotatable bonds is 4. The molecule has 0 saturated heterocycles. The van der Waals surface area contributed by atoms with Crippen LogP contribution in [0.4, 0.5) is 4.39 Å². The van der Waals surface area contributed by atoms with Crippen LogP contribution in [0.3, 0.4) is 0 Å². The van der Waals surface area contributed by atoms with Crippen molar-refractivity contribution < 1.29 is 9.13 Å². The zero-order valence-electron chi connectivity index (χ0n) is 11.6. The molecule has 0 fully saturated rings. The quantitative estimate of drug-likeness (QED) is 0.659. The third-order valence-electron chi connectivity index (χ3n) is 3.48. The Balaban J connectivity index is 1.91. The highest BCUT2D eigenvalue weighted by Gasteiger charge is 2.11. The van der Waals surface area contributed by atoms with Gasteiger partial charge in [0, 0.05) is 29.2 Å². The lowest BCUT2D eigenvalue weighted by Gasteiger charge is -2.05. The van der Waals surface area contributed by atoms with Crippen molar-refractivity contribution in [2.45, 2.75) is 20.1 Å². The number of benzene rings is 2. The summed E-state index contributed by atoms with van der Waals surface area (Å²) in [5.74, 6) is 0.369. The molecule has 1 heterocycles. The van der Waals surface area contributed by atoms with Crippen molar-refractivity contribution in [2.24, 2.45) is 0 Å². The smallest absolute Gasteiger partial charge is 0.123 e. The molecule has 0 spiro atoms. The van der Waals surface area contributed by atoms with E-state index >= 15 is 0 Å². The summed E-state index contributed by atoms with van der Waals surface area (Å²) in [4.78, 5) is 0. The Morgan fingerprint density at radius 2 is 1.90 bits per heavy atom. The molecule has 0 unspecified atom stereocenters. The van der Waals surface area contributed by atoms with Gasteiger partial charge in [0.2, 0.25) is 0 Å². The molecule has 2 nitrogen and oxygen atoms in total. The van der Waals surface area contributed by atoms with Crippen molar-refractivity contribution in [3.63, 3.8) is 0 Å². The maximum absolute atomic E-state index is 12.9. The Kier molecular flexibility index (Phi) is 3.84. The largest absolute Gasteiger partial charge is 0.489 e. The second-order valence-electron chi connectivity index (χ2n) is 4.82. The Hall–Kier alpha value is -2.00. The number of aromatic nitrogens is 1. The summed E-state index contributed by atoms with van der Waals surface area (Å²) in [6.07, 6.45) is 2.06. The monoisotopic (exact) mass is 303 g/mol. The van der Waals surface area contributed by atoms with Crippen LogP contribution in [0.5, 0.6) is 5.75 Å². The van der Waals surface area contributed by atoms with Gasteiger partial charge in [0.25, 0.3) is 0 Å². The number of halogens is 2. The first-order chi connectivity index (χ1) is 10.2. The van der Waals surface area contributed by atoms with Crippen molar-refractivity contribution in [3.8, 4) is 5.75 Å². The summed E-state index contributed by atoms with van der Waals surface area (Å²) in [5.41, 5.74) is 2.13. The fraction of sp³-hybridized carbons (Fsp3) is 0.176. The van der Waals surface area contributed by atoms with E-state index in [-0.39, 0.29) is 5.82 Å². The van der Waals surface area contributed by atoms with Crippen LogP contribution in [0.1, 0.15) is 12.5 Å². The average molecular weight is 304 g/mol. The third-order valence-corrected chi connectivity index (χ3v) is 3.80. The van der Waals surface area contributed by atoms with Crippen LogP contribution in [-0.2, 0) is 13.2 Å². The van der Waals surface area contributed by atoms with E-state index in [1.807, 2.05) is 18.2 Å². The minimum absolute atomic E-state index is 0.270. The molecule has 3 aromatic rings. The summed E-state index contributed by atoms with van der Waals surface area (Å²) in [5, 5.41) is 1.74. The van der Waals surface area contributed by atoms with Gasteiger partial charge < -0.3 is 9.30 Å². The molecular formula is C17H15ClFNO. The Labute approximate surface area is 127 Å². The van der Waals surface area contributed by atoms with E-state index < -0.39 is 0 Å². The fourth-order valence-corrected chi connectivity index (χ4v) is 2.75. The average Bonchev–Trinajstić information content (AvgIpc) is 2.86. The molecule has 0 bridgehead atoms. The van der Waals surface area contributed by atoms with Gasteiger partial charge in [0.05, 0.1) is 5.02 Å². The number of hydrogen-bond acceptors (Lipinski definition) is 1. The minimum Gasteiger partial charge on any atom is -0.489 e. The predicted molar refractivity (Wildman–Crippen MR) is 83.4 cm³/mol. The Bertz CT molecular complexity index is 764. The van der Waals surface area contributed by atoms with Crippen LogP contribution in [0.2, 0.25) is 5.02 Å². The third kappa shape index (κ3) is 2.74. The second-order valence-corrected chi connectivity index (χ2v) is 5.22. The molecule has 0 radical (unpaired) electrons.